The molecule has 2 heterocycles. The van der Waals surface area contributed by atoms with Gasteiger partial charge in [0.15, 0.2) is 16.9 Å². The largest absolute Gasteiger partial charge is 0.490 e. The second-order valence-corrected chi connectivity index (χ2v) is 11.2. The van der Waals surface area contributed by atoms with Crippen LogP contribution in [-0.2, 0) is 6.54 Å². The third-order valence-electron chi connectivity index (χ3n) is 6.94. The van der Waals surface area contributed by atoms with Crippen molar-refractivity contribution in [2.75, 3.05) is 13.2 Å². The smallest absolute Gasteiger partial charge is 0.291 e. The normalized spacial score (nSPS) is 14.8. The van der Waals surface area contributed by atoms with Crippen molar-refractivity contribution in [2.24, 2.45) is 5.92 Å². The van der Waals surface area contributed by atoms with Crippen LogP contribution in [0.2, 0.25) is 0 Å². The molecular weight excluding hydrogens is 558 g/mol. The van der Waals surface area contributed by atoms with E-state index in [4.69, 9.17) is 13.9 Å². The second-order valence-electron chi connectivity index (χ2n) is 10.3. The molecule has 0 aliphatic carbocycles. The summed E-state index contributed by atoms with van der Waals surface area (Å²) in [6, 6.07) is 18.3. The zero-order valence-corrected chi connectivity index (χ0v) is 24.2. The predicted molar refractivity (Wildman–Crippen MR) is 156 cm³/mol. The average molecular weight is 591 g/mol. The molecule has 0 N–H and O–H groups in total. The van der Waals surface area contributed by atoms with Crippen LogP contribution in [0.4, 0.5) is 0 Å². The monoisotopic (exact) mass is 589 g/mol. The van der Waals surface area contributed by atoms with Crippen molar-refractivity contribution in [3.63, 3.8) is 0 Å². The van der Waals surface area contributed by atoms with Gasteiger partial charge in [-0.25, -0.2) is 0 Å². The fraction of sp³-hybridized carbons (Fsp3) is 0.312. The quantitative estimate of drug-likeness (QED) is 0.203. The lowest BCUT2D eigenvalue weighted by Gasteiger charge is -2.26. The topological polar surface area (TPSA) is 69.0 Å². The van der Waals surface area contributed by atoms with E-state index in [1.165, 1.54) is 0 Å². The van der Waals surface area contributed by atoms with E-state index in [9.17, 15) is 9.59 Å². The number of benzene rings is 3. The SMILES string of the molecule is CCOc1cc(C2c3c(oc4ccc(Br)cc4c3=O)C(=O)N2Cc2ccc(C)cc2)ccc1OCCC(C)C. The summed E-state index contributed by atoms with van der Waals surface area (Å²) in [6.07, 6.45) is 0.922. The molecule has 1 aromatic heterocycles. The van der Waals surface area contributed by atoms with Crippen LogP contribution in [0.25, 0.3) is 11.0 Å². The summed E-state index contributed by atoms with van der Waals surface area (Å²) < 4.78 is 18.9. The van der Waals surface area contributed by atoms with Gasteiger partial charge < -0.3 is 18.8 Å². The minimum absolute atomic E-state index is 0.0853. The summed E-state index contributed by atoms with van der Waals surface area (Å²) >= 11 is 3.46. The molecule has 6 nitrogen and oxygen atoms in total. The van der Waals surface area contributed by atoms with E-state index in [-0.39, 0.29) is 17.1 Å². The molecule has 4 aromatic rings. The maximum Gasteiger partial charge on any atom is 0.291 e. The van der Waals surface area contributed by atoms with Gasteiger partial charge in [0.1, 0.15) is 5.58 Å². The maximum absolute atomic E-state index is 13.9. The van der Waals surface area contributed by atoms with Crippen LogP contribution >= 0.6 is 15.9 Å². The minimum atomic E-state index is -0.641. The highest BCUT2D eigenvalue weighted by Crippen LogP contribution is 2.42. The first-order valence-corrected chi connectivity index (χ1v) is 14.1. The van der Waals surface area contributed by atoms with Crippen molar-refractivity contribution in [3.05, 3.63) is 103 Å². The lowest BCUT2D eigenvalue weighted by molar-refractivity contribution is 0.0714. The van der Waals surface area contributed by atoms with Gasteiger partial charge in [-0.15, -0.1) is 0 Å². The number of fused-ring (bicyclic) bond motifs is 2. The van der Waals surface area contributed by atoms with Gasteiger partial charge in [-0.05, 0) is 67.6 Å². The van der Waals surface area contributed by atoms with Crippen molar-refractivity contribution in [3.8, 4) is 11.5 Å². The van der Waals surface area contributed by atoms with Gasteiger partial charge in [-0.3, -0.25) is 9.59 Å². The Balaban J connectivity index is 1.64. The number of halogens is 1. The van der Waals surface area contributed by atoms with Crippen LogP contribution in [-0.4, -0.2) is 24.0 Å². The van der Waals surface area contributed by atoms with Crippen LogP contribution in [0.3, 0.4) is 0 Å². The molecule has 202 valence electrons. The molecule has 0 fully saturated rings. The number of carbonyl (C=O) groups excluding carboxylic acids is 1. The number of hydrogen-bond donors (Lipinski definition) is 0. The van der Waals surface area contributed by atoms with E-state index < -0.39 is 6.04 Å². The van der Waals surface area contributed by atoms with E-state index in [1.54, 1.807) is 23.1 Å². The number of aryl methyl sites for hydroxylation is 1. The molecule has 1 amide bonds. The first kappa shape index (κ1) is 27.0. The Hall–Kier alpha value is -3.58. The number of hydrogen-bond acceptors (Lipinski definition) is 5. The van der Waals surface area contributed by atoms with Crippen LogP contribution in [0.15, 0.2) is 74.3 Å². The molecule has 0 spiro atoms. The molecular formula is C32H32BrNO5. The van der Waals surface area contributed by atoms with Gasteiger partial charge in [0.25, 0.3) is 5.91 Å². The molecule has 0 saturated heterocycles. The molecule has 3 aromatic carbocycles. The second kappa shape index (κ2) is 11.3. The van der Waals surface area contributed by atoms with Gasteiger partial charge in [-0.1, -0.05) is 65.7 Å². The van der Waals surface area contributed by atoms with Crippen molar-refractivity contribution in [1.29, 1.82) is 0 Å². The summed E-state index contributed by atoms with van der Waals surface area (Å²) in [5, 5.41) is 0.428. The lowest BCUT2D eigenvalue weighted by Crippen LogP contribution is -2.29. The molecule has 1 aliphatic heterocycles. The summed E-state index contributed by atoms with van der Waals surface area (Å²) in [7, 11) is 0. The van der Waals surface area contributed by atoms with Crippen LogP contribution in [0.1, 0.15) is 66.0 Å². The number of rotatable bonds is 9. The molecule has 5 rings (SSSR count). The van der Waals surface area contributed by atoms with Gasteiger partial charge in [0.05, 0.1) is 30.2 Å². The summed E-state index contributed by atoms with van der Waals surface area (Å²) in [5.41, 5.74) is 3.37. The molecule has 1 unspecified atom stereocenters. The van der Waals surface area contributed by atoms with Crippen LogP contribution in [0, 0.1) is 12.8 Å². The molecule has 0 saturated carbocycles. The number of nitrogens with zero attached hydrogens (tertiary/aromatic N) is 1. The fourth-order valence-corrected chi connectivity index (χ4v) is 5.24. The number of ether oxygens (including phenoxy) is 2. The Morgan fingerprint density at radius 1 is 0.974 bits per heavy atom. The highest BCUT2D eigenvalue weighted by molar-refractivity contribution is 9.10. The standard InChI is InChI=1S/C32H32BrNO5/c1-5-37-27-16-22(10-12-26(27)38-15-14-19(2)3)29-28-30(35)24-17-23(33)11-13-25(24)39-31(28)32(36)34(29)18-21-8-6-20(4)7-9-21/h6-13,16-17,19,29H,5,14-15,18H2,1-4H3. The lowest BCUT2D eigenvalue weighted by atomic mass is 9.97. The van der Waals surface area contributed by atoms with Gasteiger partial charge in [0.2, 0.25) is 5.76 Å². The molecule has 0 bridgehead atoms. The first-order chi connectivity index (χ1) is 18.8. The Bertz CT molecular complexity index is 1570. The van der Waals surface area contributed by atoms with Crippen molar-refractivity contribution in [2.45, 2.75) is 46.7 Å². The molecule has 0 radical (unpaired) electrons. The predicted octanol–water partition coefficient (Wildman–Crippen LogP) is 7.43. The third kappa shape index (κ3) is 5.46. The van der Waals surface area contributed by atoms with E-state index in [1.807, 2.05) is 56.3 Å². The minimum Gasteiger partial charge on any atom is -0.490 e. The molecule has 39 heavy (non-hydrogen) atoms. The van der Waals surface area contributed by atoms with E-state index in [2.05, 4.69) is 29.8 Å². The fourth-order valence-electron chi connectivity index (χ4n) is 4.88. The van der Waals surface area contributed by atoms with Crippen molar-refractivity contribution >= 4 is 32.8 Å². The maximum atomic E-state index is 13.9. The Morgan fingerprint density at radius 3 is 2.46 bits per heavy atom. The van der Waals surface area contributed by atoms with Gasteiger partial charge in [-0.2, -0.15) is 0 Å². The zero-order valence-electron chi connectivity index (χ0n) is 22.6. The Morgan fingerprint density at radius 2 is 1.74 bits per heavy atom. The Kier molecular flexibility index (Phi) is 7.80. The van der Waals surface area contributed by atoms with Crippen LogP contribution in [0.5, 0.6) is 11.5 Å². The average Bonchev–Trinajstić information content (AvgIpc) is 3.18. The Labute approximate surface area is 236 Å². The van der Waals surface area contributed by atoms with E-state index in [0.717, 1.165) is 27.6 Å². The number of amides is 1. The molecule has 1 atom stereocenters. The highest BCUT2D eigenvalue weighted by Gasteiger charge is 2.43. The summed E-state index contributed by atoms with van der Waals surface area (Å²) in [4.78, 5) is 29.4. The van der Waals surface area contributed by atoms with Crippen molar-refractivity contribution < 1.29 is 18.7 Å². The zero-order chi connectivity index (χ0) is 27.7. The summed E-state index contributed by atoms with van der Waals surface area (Å²) in [5.74, 6) is 1.52. The summed E-state index contributed by atoms with van der Waals surface area (Å²) in [6.45, 7) is 9.60. The van der Waals surface area contributed by atoms with Crippen molar-refractivity contribution in [1.82, 2.24) is 4.90 Å². The molecule has 7 heteroatoms. The van der Waals surface area contributed by atoms with Crippen LogP contribution < -0.4 is 14.9 Å². The highest BCUT2D eigenvalue weighted by atomic mass is 79.9. The van der Waals surface area contributed by atoms with Gasteiger partial charge in [0, 0.05) is 11.0 Å². The van der Waals surface area contributed by atoms with E-state index in [0.29, 0.717) is 53.7 Å². The molecule has 1 aliphatic rings. The first-order valence-electron chi connectivity index (χ1n) is 13.3. The van der Waals surface area contributed by atoms with Gasteiger partial charge >= 0.3 is 0 Å². The third-order valence-corrected chi connectivity index (χ3v) is 7.43. The van der Waals surface area contributed by atoms with E-state index >= 15 is 0 Å². The number of carbonyl (C=O) groups is 1.